The molecule has 0 aliphatic rings. The topological polar surface area (TPSA) is 80.4 Å². The molecule has 1 aromatic rings. The highest BCUT2D eigenvalue weighted by atomic mass is 16.6. The summed E-state index contributed by atoms with van der Waals surface area (Å²) in [5.41, 5.74) is 0.175. The molecule has 0 heterocycles. The lowest BCUT2D eigenvalue weighted by atomic mass is 9.92. The maximum Gasteiger partial charge on any atom is 0.311 e. The van der Waals surface area contributed by atoms with Gasteiger partial charge in [0.1, 0.15) is 0 Å². The highest BCUT2D eigenvalue weighted by Gasteiger charge is 2.26. The molecule has 0 aliphatic carbocycles. The SMILES string of the molecule is CCCCC(C(=O)O)c1ccccc1[N+](=O)[O-]. The zero-order valence-electron chi connectivity index (χ0n) is 9.63. The Morgan fingerprint density at radius 1 is 1.47 bits per heavy atom. The number of carboxylic acids is 1. The van der Waals surface area contributed by atoms with Crippen LogP contribution in [-0.4, -0.2) is 16.0 Å². The predicted molar refractivity (Wildman–Crippen MR) is 63.0 cm³/mol. The summed E-state index contributed by atoms with van der Waals surface area (Å²) >= 11 is 0. The van der Waals surface area contributed by atoms with E-state index in [1.807, 2.05) is 6.92 Å². The molecule has 0 amide bonds. The van der Waals surface area contributed by atoms with Gasteiger partial charge in [-0.1, -0.05) is 38.0 Å². The van der Waals surface area contributed by atoms with Gasteiger partial charge in [-0.25, -0.2) is 0 Å². The third kappa shape index (κ3) is 3.27. The number of rotatable bonds is 6. The van der Waals surface area contributed by atoms with Crippen LogP contribution in [0.25, 0.3) is 0 Å². The number of hydrogen-bond acceptors (Lipinski definition) is 3. The number of unbranched alkanes of at least 4 members (excludes halogenated alkanes) is 1. The van der Waals surface area contributed by atoms with E-state index in [4.69, 9.17) is 5.11 Å². The number of aliphatic carboxylic acids is 1. The lowest BCUT2D eigenvalue weighted by Gasteiger charge is -2.12. The molecule has 0 aliphatic heterocycles. The molecule has 5 nitrogen and oxygen atoms in total. The predicted octanol–water partition coefficient (Wildman–Crippen LogP) is 2.95. The number of carboxylic acid groups (broad SMARTS) is 1. The van der Waals surface area contributed by atoms with Gasteiger partial charge in [-0.2, -0.15) is 0 Å². The van der Waals surface area contributed by atoms with Gasteiger partial charge in [0.05, 0.1) is 10.8 Å². The van der Waals surface area contributed by atoms with E-state index in [0.29, 0.717) is 12.0 Å². The van der Waals surface area contributed by atoms with Crippen LogP contribution < -0.4 is 0 Å². The number of carbonyl (C=O) groups is 1. The molecule has 1 N–H and O–H groups in total. The summed E-state index contributed by atoms with van der Waals surface area (Å²) in [6.45, 7) is 1.96. The van der Waals surface area contributed by atoms with E-state index in [2.05, 4.69) is 0 Å². The Morgan fingerprint density at radius 2 is 2.12 bits per heavy atom. The Balaban J connectivity index is 3.09. The van der Waals surface area contributed by atoms with Crippen molar-refractivity contribution >= 4 is 11.7 Å². The average Bonchev–Trinajstić information content (AvgIpc) is 2.29. The summed E-state index contributed by atoms with van der Waals surface area (Å²) in [6, 6.07) is 6.04. The van der Waals surface area contributed by atoms with Crippen LogP contribution in [0.2, 0.25) is 0 Å². The fraction of sp³-hybridized carbons (Fsp3) is 0.417. The number of nitro groups is 1. The van der Waals surface area contributed by atoms with Crippen molar-refractivity contribution in [2.45, 2.75) is 32.1 Å². The van der Waals surface area contributed by atoms with Crippen molar-refractivity contribution in [3.8, 4) is 0 Å². The van der Waals surface area contributed by atoms with Crippen molar-refractivity contribution in [2.75, 3.05) is 0 Å². The van der Waals surface area contributed by atoms with Crippen molar-refractivity contribution in [3.05, 3.63) is 39.9 Å². The van der Waals surface area contributed by atoms with Crippen molar-refractivity contribution in [3.63, 3.8) is 0 Å². The number of benzene rings is 1. The Labute approximate surface area is 99.2 Å². The van der Waals surface area contributed by atoms with Crippen LogP contribution in [-0.2, 0) is 4.79 Å². The highest BCUT2D eigenvalue weighted by Crippen LogP contribution is 2.30. The largest absolute Gasteiger partial charge is 0.481 e. The minimum absolute atomic E-state index is 0.115. The Morgan fingerprint density at radius 3 is 2.65 bits per heavy atom. The minimum Gasteiger partial charge on any atom is -0.481 e. The van der Waals surface area contributed by atoms with E-state index >= 15 is 0 Å². The lowest BCUT2D eigenvalue weighted by Crippen LogP contribution is -2.13. The van der Waals surface area contributed by atoms with E-state index in [0.717, 1.165) is 12.8 Å². The second kappa shape index (κ2) is 5.98. The van der Waals surface area contributed by atoms with Crippen LogP contribution in [0.1, 0.15) is 37.7 Å². The molecular formula is C12H15NO4. The molecule has 0 radical (unpaired) electrons. The number of hydrogen-bond donors (Lipinski definition) is 1. The van der Waals surface area contributed by atoms with E-state index in [1.54, 1.807) is 12.1 Å². The summed E-state index contributed by atoms with van der Waals surface area (Å²) in [4.78, 5) is 21.5. The standard InChI is InChI=1S/C12H15NO4/c1-2-3-6-10(12(14)15)9-7-4-5-8-11(9)13(16)17/h4-5,7-8,10H,2-3,6H2,1H3,(H,14,15). The van der Waals surface area contributed by atoms with Gasteiger partial charge in [0.25, 0.3) is 5.69 Å². The molecule has 0 aromatic heterocycles. The third-order valence-corrected chi connectivity index (χ3v) is 2.65. The zero-order chi connectivity index (χ0) is 12.8. The average molecular weight is 237 g/mol. The summed E-state index contributed by atoms with van der Waals surface area (Å²) in [5.74, 6) is -1.80. The van der Waals surface area contributed by atoms with Crippen molar-refractivity contribution < 1.29 is 14.8 Å². The van der Waals surface area contributed by atoms with Gasteiger partial charge in [-0.15, -0.1) is 0 Å². The van der Waals surface area contributed by atoms with Gasteiger partial charge in [0.2, 0.25) is 0 Å². The first-order valence-electron chi connectivity index (χ1n) is 5.54. The molecule has 0 bridgehead atoms. The van der Waals surface area contributed by atoms with Crippen molar-refractivity contribution in [1.29, 1.82) is 0 Å². The van der Waals surface area contributed by atoms with Gasteiger partial charge in [-0.3, -0.25) is 14.9 Å². The first-order valence-corrected chi connectivity index (χ1v) is 5.54. The summed E-state index contributed by atoms with van der Waals surface area (Å²) in [7, 11) is 0. The Kier molecular flexibility index (Phi) is 4.63. The monoisotopic (exact) mass is 237 g/mol. The van der Waals surface area contributed by atoms with E-state index in [-0.39, 0.29) is 5.69 Å². The van der Waals surface area contributed by atoms with E-state index < -0.39 is 16.8 Å². The van der Waals surface area contributed by atoms with Crippen LogP contribution >= 0.6 is 0 Å². The molecule has 0 fully saturated rings. The third-order valence-electron chi connectivity index (χ3n) is 2.65. The fourth-order valence-corrected chi connectivity index (χ4v) is 1.77. The second-order valence-corrected chi connectivity index (χ2v) is 3.85. The normalized spacial score (nSPS) is 12.1. The molecule has 1 atom stereocenters. The van der Waals surface area contributed by atoms with Crippen LogP contribution in [0, 0.1) is 10.1 Å². The van der Waals surface area contributed by atoms with E-state index in [1.165, 1.54) is 12.1 Å². The molecule has 92 valence electrons. The molecule has 17 heavy (non-hydrogen) atoms. The Bertz CT molecular complexity index is 417. The quantitative estimate of drug-likeness (QED) is 0.609. The summed E-state index contributed by atoms with van der Waals surface area (Å²) < 4.78 is 0. The molecule has 0 saturated carbocycles. The second-order valence-electron chi connectivity index (χ2n) is 3.85. The molecule has 5 heteroatoms. The summed E-state index contributed by atoms with van der Waals surface area (Å²) in [6.07, 6.45) is 2.03. The lowest BCUT2D eigenvalue weighted by molar-refractivity contribution is -0.385. The Hall–Kier alpha value is -1.91. The van der Waals surface area contributed by atoms with Gasteiger partial charge in [0.15, 0.2) is 0 Å². The molecule has 1 aromatic carbocycles. The molecule has 1 rings (SSSR count). The molecular weight excluding hydrogens is 222 g/mol. The molecule has 0 saturated heterocycles. The van der Waals surface area contributed by atoms with Gasteiger partial charge in [-0.05, 0) is 6.42 Å². The van der Waals surface area contributed by atoms with E-state index in [9.17, 15) is 14.9 Å². The van der Waals surface area contributed by atoms with Crippen LogP contribution in [0.4, 0.5) is 5.69 Å². The first kappa shape index (κ1) is 13.2. The van der Waals surface area contributed by atoms with Crippen LogP contribution in [0.3, 0.4) is 0 Å². The molecule has 0 spiro atoms. The van der Waals surface area contributed by atoms with Crippen LogP contribution in [0.15, 0.2) is 24.3 Å². The smallest absolute Gasteiger partial charge is 0.311 e. The first-order chi connectivity index (χ1) is 8.07. The van der Waals surface area contributed by atoms with Crippen LogP contribution in [0.5, 0.6) is 0 Å². The van der Waals surface area contributed by atoms with Gasteiger partial charge in [0, 0.05) is 11.6 Å². The maximum atomic E-state index is 11.2. The minimum atomic E-state index is -1.01. The number of nitrogens with zero attached hydrogens (tertiary/aromatic N) is 1. The van der Waals surface area contributed by atoms with Gasteiger partial charge >= 0.3 is 5.97 Å². The fourth-order valence-electron chi connectivity index (χ4n) is 1.77. The zero-order valence-corrected chi connectivity index (χ0v) is 9.63. The maximum absolute atomic E-state index is 11.2. The van der Waals surface area contributed by atoms with Crippen molar-refractivity contribution in [2.24, 2.45) is 0 Å². The molecule has 1 unspecified atom stereocenters. The van der Waals surface area contributed by atoms with Crippen molar-refractivity contribution in [1.82, 2.24) is 0 Å². The highest BCUT2D eigenvalue weighted by molar-refractivity contribution is 5.77. The van der Waals surface area contributed by atoms with Gasteiger partial charge < -0.3 is 5.11 Å². The summed E-state index contributed by atoms with van der Waals surface area (Å²) in [5, 5.41) is 20.0. The number of para-hydroxylation sites is 1. The number of nitro benzene ring substituents is 1.